The maximum Gasteiger partial charge on any atom is 0.438 e. The number of rotatable bonds is 2. The molecule has 1 aliphatic rings. The van der Waals surface area contributed by atoms with Crippen LogP contribution in [0.3, 0.4) is 0 Å². The monoisotopic (exact) mass is 343 g/mol. The van der Waals surface area contributed by atoms with Gasteiger partial charge in [-0.05, 0) is 12.1 Å². The normalized spacial score (nSPS) is 22.2. The van der Waals surface area contributed by atoms with E-state index >= 15 is 0 Å². The van der Waals surface area contributed by atoms with Crippen molar-refractivity contribution >= 4 is 17.1 Å². The van der Waals surface area contributed by atoms with Crippen LogP contribution in [0.2, 0.25) is 0 Å². The van der Waals surface area contributed by atoms with Gasteiger partial charge in [-0.2, -0.15) is 31.4 Å². The molecule has 1 unspecified atom stereocenters. The van der Waals surface area contributed by atoms with E-state index in [0.29, 0.717) is 0 Å². The number of hydrogen-bond donors (Lipinski definition) is 1. The summed E-state index contributed by atoms with van der Waals surface area (Å²) in [5.41, 5.74) is -6.76. The number of halogens is 6. The molecule has 0 saturated carbocycles. The number of nitro groups is 1. The zero-order chi connectivity index (χ0) is 17.6. The van der Waals surface area contributed by atoms with E-state index in [2.05, 4.69) is 5.10 Å². The first kappa shape index (κ1) is 17.0. The fourth-order valence-corrected chi connectivity index (χ4v) is 1.91. The molecule has 1 N–H and O–H groups in total. The number of nitrogens with zero attached hydrogens (tertiary/aromatic N) is 3. The minimum Gasteiger partial charge on any atom is -0.362 e. The number of hydrazone groups is 1. The fourth-order valence-electron chi connectivity index (χ4n) is 1.91. The highest BCUT2D eigenvalue weighted by Gasteiger charge is 2.64. The van der Waals surface area contributed by atoms with Gasteiger partial charge in [0.2, 0.25) is 0 Å². The van der Waals surface area contributed by atoms with E-state index in [1.165, 1.54) is 0 Å². The number of nitro benzene ring substituents is 1. The molecule has 1 aromatic rings. The summed E-state index contributed by atoms with van der Waals surface area (Å²) in [5.74, 6) is 0. The lowest BCUT2D eigenvalue weighted by Gasteiger charge is -2.33. The number of alkyl halides is 6. The van der Waals surface area contributed by atoms with Crippen LogP contribution in [0.4, 0.5) is 37.7 Å². The van der Waals surface area contributed by atoms with Gasteiger partial charge in [-0.25, -0.2) is 5.01 Å². The maximum atomic E-state index is 13.0. The van der Waals surface area contributed by atoms with Crippen LogP contribution in [0, 0.1) is 10.1 Å². The first-order valence-electron chi connectivity index (χ1n) is 5.85. The van der Waals surface area contributed by atoms with Crippen LogP contribution < -0.4 is 5.01 Å². The summed E-state index contributed by atoms with van der Waals surface area (Å²) in [6.07, 6.45) is -12.4. The third-order valence-electron chi connectivity index (χ3n) is 3.07. The summed E-state index contributed by atoms with van der Waals surface area (Å²) in [7, 11) is 0. The van der Waals surface area contributed by atoms with Crippen LogP contribution in [-0.4, -0.2) is 33.8 Å². The first-order valence-corrected chi connectivity index (χ1v) is 5.85. The second-order valence-corrected chi connectivity index (χ2v) is 4.62. The van der Waals surface area contributed by atoms with Crippen LogP contribution in [0.5, 0.6) is 0 Å². The molecule has 1 aliphatic heterocycles. The van der Waals surface area contributed by atoms with Gasteiger partial charge in [-0.15, -0.1) is 0 Å². The van der Waals surface area contributed by atoms with Crippen molar-refractivity contribution in [1.29, 1.82) is 0 Å². The second kappa shape index (κ2) is 5.08. The minimum atomic E-state index is -5.44. The molecule has 0 amide bonds. The summed E-state index contributed by atoms with van der Waals surface area (Å²) < 4.78 is 76.9. The average molecular weight is 343 g/mol. The van der Waals surface area contributed by atoms with Crippen LogP contribution in [0.25, 0.3) is 0 Å². The Morgan fingerprint density at radius 3 is 2.09 bits per heavy atom. The predicted molar refractivity (Wildman–Crippen MR) is 64.7 cm³/mol. The SMILES string of the molecule is O=[N+]([O-])c1ccc(N2N=C(C(F)(F)F)CC2(O)C(F)(F)F)cc1. The van der Waals surface area contributed by atoms with Crippen molar-refractivity contribution in [2.75, 3.05) is 5.01 Å². The quantitative estimate of drug-likeness (QED) is 0.509. The maximum absolute atomic E-state index is 13.0. The number of benzene rings is 1. The molecule has 0 spiro atoms. The van der Waals surface area contributed by atoms with Gasteiger partial charge in [0.25, 0.3) is 11.4 Å². The van der Waals surface area contributed by atoms with Gasteiger partial charge < -0.3 is 5.11 Å². The second-order valence-electron chi connectivity index (χ2n) is 4.62. The Hall–Kier alpha value is -2.37. The van der Waals surface area contributed by atoms with E-state index in [0.717, 1.165) is 24.3 Å². The van der Waals surface area contributed by atoms with Crippen molar-refractivity contribution in [1.82, 2.24) is 0 Å². The van der Waals surface area contributed by atoms with Crippen molar-refractivity contribution in [3.8, 4) is 0 Å². The molecular formula is C11H7F6N3O3. The van der Waals surface area contributed by atoms with Crippen molar-refractivity contribution in [2.45, 2.75) is 24.5 Å². The Bertz CT molecular complexity index is 654. The fraction of sp³-hybridized carbons (Fsp3) is 0.364. The summed E-state index contributed by atoms with van der Waals surface area (Å²) in [4.78, 5) is 9.65. The van der Waals surface area contributed by atoms with Gasteiger partial charge in [0, 0.05) is 12.1 Å². The highest BCUT2D eigenvalue weighted by atomic mass is 19.4. The summed E-state index contributed by atoms with van der Waals surface area (Å²) >= 11 is 0. The number of aliphatic hydroxyl groups is 1. The van der Waals surface area contributed by atoms with Crippen molar-refractivity contribution in [3.05, 3.63) is 34.4 Å². The molecule has 12 heteroatoms. The number of non-ortho nitro benzene ring substituents is 1. The van der Waals surface area contributed by atoms with Gasteiger partial charge in [0.15, 0.2) is 0 Å². The number of anilines is 1. The predicted octanol–water partition coefficient (Wildman–Crippen LogP) is 2.97. The Labute approximate surface area is 123 Å². The van der Waals surface area contributed by atoms with Gasteiger partial charge >= 0.3 is 12.4 Å². The molecule has 0 aromatic heterocycles. The molecule has 1 aromatic carbocycles. The molecule has 126 valence electrons. The average Bonchev–Trinajstić information content (AvgIpc) is 2.78. The third-order valence-corrected chi connectivity index (χ3v) is 3.07. The molecule has 1 heterocycles. The van der Waals surface area contributed by atoms with Gasteiger partial charge in [-0.3, -0.25) is 10.1 Å². The summed E-state index contributed by atoms with van der Waals surface area (Å²) in [6.45, 7) is 0. The van der Waals surface area contributed by atoms with E-state index in [-0.39, 0.29) is 5.01 Å². The molecular weight excluding hydrogens is 336 g/mol. The Kier molecular flexibility index (Phi) is 3.75. The highest BCUT2D eigenvalue weighted by molar-refractivity contribution is 5.94. The zero-order valence-electron chi connectivity index (χ0n) is 10.9. The molecule has 0 fully saturated rings. The Morgan fingerprint density at radius 1 is 1.17 bits per heavy atom. The van der Waals surface area contributed by atoms with E-state index in [1.54, 1.807) is 0 Å². The van der Waals surface area contributed by atoms with Crippen LogP contribution in [-0.2, 0) is 0 Å². The van der Waals surface area contributed by atoms with Crippen LogP contribution >= 0.6 is 0 Å². The topological polar surface area (TPSA) is 79.0 Å². The largest absolute Gasteiger partial charge is 0.438 e. The molecule has 0 bridgehead atoms. The summed E-state index contributed by atoms with van der Waals surface area (Å²) in [5, 5.41) is 22.8. The molecule has 0 saturated heterocycles. The van der Waals surface area contributed by atoms with Gasteiger partial charge in [0.05, 0.1) is 17.0 Å². The number of hydrogen-bond acceptors (Lipinski definition) is 5. The van der Waals surface area contributed by atoms with Crippen molar-refractivity contribution in [3.63, 3.8) is 0 Å². The van der Waals surface area contributed by atoms with E-state index in [4.69, 9.17) is 0 Å². The molecule has 0 aliphatic carbocycles. The zero-order valence-corrected chi connectivity index (χ0v) is 10.9. The molecule has 2 rings (SSSR count). The molecule has 23 heavy (non-hydrogen) atoms. The molecule has 1 atom stereocenters. The minimum absolute atomic E-state index is 0.237. The Morgan fingerprint density at radius 2 is 1.70 bits per heavy atom. The highest BCUT2D eigenvalue weighted by Crippen LogP contribution is 2.45. The lowest BCUT2D eigenvalue weighted by Crippen LogP contribution is -2.55. The van der Waals surface area contributed by atoms with Crippen LogP contribution in [0.15, 0.2) is 29.4 Å². The van der Waals surface area contributed by atoms with Crippen LogP contribution in [0.1, 0.15) is 6.42 Å². The van der Waals surface area contributed by atoms with E-state index < -0.39 is 46.5 Å². The van der Waals surface area contributed by atoms with E-state index in [9.17, 15) is 41.6 Å². The first-order chi connectivity index (χ1) is 10.4. The standard InChI is InChI=1S/C11H7F6N3O3/c12-10(13,14)8-5-9(21,11(15,16)17)19(18-8)6-1-3-7(4-2-6)20(22)23/h1-4,21H,5H2. The molecule has 6 nitrogen and oxygen atoms in total. The molecule has 0 radical (unpaired) electrons. The van der Waals surface area contributed by atoms with Gasteiger partial charge in [-0.1, -0.05) is 0 Å². The van der Waals surface area contributed by atoms with Crippen molar-refractivity contribution in [2.24, 2.45) is 5.10 Å². The lowest BCUT2D eigenvalue weighted by molar-refractivity contribution is -0.384. The van der Waals surface area contributed by atoms with E-state index in [1.807, 2.05) is 0 Å². The third kappa shape index (κ3) is 2.93. The summed E-state index contributed by atoms with van der Waals surface area (Å²) in [6, 6.07) is 3.09. The Balaban J connectivity index is 2.50. The van der Waals surface area contributed by atoms with Crippen molar-refractivity contribution < 1.29 is 36.4 Å². The lowest BCUT2D eigenvalue weighted by atomic mass is 10.1. The van der Waals surface area contributed by atoms with Gasteiger partial charge in [0.1, 0.15) is 5.71 Å². The smallest absolute Gasteiger partial charge is 0.362 e.